The molecule has 1 unspecified atom stereocenters. The Morgan fingerprint density at radius 2 is 2.06 bits per heavy atom. The highest BCUT2D eigenvalue weighted by atomic mass is 32.2. The van der Waals surface area contributed by atoms with Crippen LogP contribution in [-0.2, 0) is 9.59 Å². The monoisotopic (exact) mass is 259 g/mol. The normalized spacial score (nSPS) is 21.0. The molecule has 0 saturated carbocycles. The van der Waals surface area contributed by atoms with E-state index in [9.17, 15) is 9.59 Å². The van der Waals surface area contributed by atoms with Gasteiger partial charge in [0, 0.05) is 12.6 Å². The number of rotatable bonds is 4. The molecule has 5 heteroatoms. The summed E-state index contributed by atoms with van der Waals surface area (Å²) in [5.74, 6) is 0.232. The van der Waals surface area contributed by atoms with E-state index in [1.165, 1.54) is 6.42 Å². The van der Waals surface area contributed by atoms with Gasteiger partial charge in [-0.05, 0) is 32.4 Å². The van der Waals surface area contributed by atoms with Gasteiger partial charge < -0.3 is 10.0 Å². The van der Waals surface area contributed by atoms with Crippen molar-refractivity contribution in [2.24, 2.45) is 0 Å². The van der Waals surface area contributed by atoms with Crippen molar-refractivity contribution in [3.8, 4) is 0 Å². The summed E-state index contributed by atoms with van der Waals surface area (Å²) < 4.78 is 0. The van der Waals surface area contributed by atoms with Crippen LogP contribution in [0.1, 0.15) is 39.5 Å². The van der Waals surface area contributed by atoms with Gasteiger partial charge >= 0.3 is 5.97 Å². The van der Waals surface area contributed by atoms with Crippen LogP contribution in [0.25, 0.3) is 0 Å². The van der Waals surface area contributed by atoms with Crippen LogP contribution in [0.2, 0.25) is 0 Å². The molecule has 0 radical (unpaired) electrons. The molecule has 1 fully saturated rings. The minimum absolute atomic E-state index is 0.0156. The van der Waals surface area contributed by atoms with Crippen LogP contribution in [0.15, 0.2) is 0 Å². The summed E-state index contributed by atoms with van der Waals surface area (Å²) in [5, 5.41) is 8.86. The lowest BCUT2D eigenvalue weighted by atomic mass is 9.98. The quantitative estimate of drug-likeness (QED) is 0.838. The minimum atomic E-state index is -0.869. The van der Waals surface area contributed by atoms with E-state index in [4.69, 9.17) is 5.11 Å². The number of hydrogen-bond acceptors (Lipinski definition) is 3. The number of nitrogens with zero attached hydrogens (tertiary/aromatic N) is 1. The van der Waals surface area contributed by atoms with Gasteiger partial charge in [-0.1, -0.05) is 6.42 Å². The van der Waals surface area contributed by atoms with Gasteiger partial charge in [0.25, 0.3) is 0 Å². The van der Waals surface area contributed by atoms with Crippen molar-refractivity contribution < 1.29 is 14.7 Å². The Bertz CT molecular complexity index is 298. The maximum atomic E-state index is 12.2. The molecule has 98 valence electrons. The number of aliphatic carboxylic acids is 1. The van der Waals surface area contributed by atoms with E-state index in [2.05, 4.69) is 0 Å². The second-order valence-corrected chi connectivity index (χ2v) is 6.45. The highest BCUT2D eigenvalue weighted by Crippen LogP contribution is 2.29. The van der Waals surface area contributed by atoms with Crippen LogP contribution in [-0.4, -0.2) is 45.5 Å². The standard InChI is InChI=1S/C12H21NO3S/c1-12(2,8-10(14)15)13(3)11(16)9-6-4-5-7-17-9/h9H,4-8H2,1-3H3,(H,14,15). The van der Waals surface area contributed by atoms with E-state index in [1.807, 2.05) is 0 Å². The van der Waals surface area contributed by atoms with Gasteiger partial charge in [-0.3, -0.25) is 9.59 Å². The molecule has 0 spiro atoms. The van der Waals surface area contributed by atoms with Gasteiger partial charge in [0.05, 0.1) is 11.7 Å². The molecule has 1 rings (SSSR count). The van der Waals surface area contributed by atoms with Crippen molar-refractivity contribution in [3.05, 3.63) is 0 Å². The number of carboxylic acid groups (broad SMARTS) is 1. The number of carboxylic acids is 1. The van der Waals surface area contributed by atoms with Crippen molar-refractivity contribution in [2.75, 3.05) is 12.8 Å². The lowest BCUT2D eigenvalue weighted by Crippen LogP contribution is -2.49. The highest BCUT2D eigenvalue weighted by Gasteiger charge is 2.34. The molecular weight excluding hydrogens is 238 g/mol. The van der Waals surface area contributed by atoms with Gasteiger partial charge in [0.1, 0.15) is 0 Å². The van der Waals surface area contributed by atoms with Crippen molar-refractivity contribution in [3.63, 3.8) is 0 Å². The molecule has 1 atom stereocenters. The molecule has 1 saturated heterocycles. The Morgan fingerprint density at radius 1 is 1.41 bits per heavy atom. The predicted molar refractivity (Wildman–Crippen MR) is 69.2 cm³/mol. The maximum absolute atomic E-state index is 12.2. The van der Waals surface area contributed by atoms with E-state index in [-0.39, 0.29) is 17.6 Å². The van der Waals surface area contributed by atoms with Crippen LogP contribution < -0.4 is 0 Å². The molecule has 1 heterocycles. The summed E-state index contributed by atoms with van der Waals surface area (Å²) in [6.45, 7) is 3.60. The lowest BCUT2D eigenvalue weighted by molar-refractivity contribution is -0.142. The third-order valence-electron chi connectivity index (χ3n) is 3.28. The second kappa shape index (κ2) is 5.76. The molecule has 0 bridgehead atoms. The topological polar surface area (TPSA) is 57.6 Å². The zero-order chi connectivity index (χ0) is 13.1. The molecule has 0 aromatic carbocycles. The van der Waals surface area contributed by atoms with E-state index in [0.29, 0.717) is 0 Å². The van der Waals surface area contributed by atoms with Crippen molar-refractivity contribution in [2.45, 2.75) is 50.3 Å². The van der Waals surface area contributed by atoms with Crippen LogP contribution in [0.3, 0.4) is 0 Å². The molecule has 1 amide bonds. The fourth-order valence-corrected chi connectivity index (χ4v) is 3.23. The zero-order valence-electron chi connectivity index (χ0n) is 10.7. The molecule has 4 nitrogen and oxygen atoms in total. The van der Waals surface area contributed by atoms with E-state index in [0.717, 1.165) is 18.6 Å². The van der Waals surface area contributed by atoms with Gasteiger partial charge in [-0.25, -0.2) is 0 Å². The van der Waals surface area contributed by atoms with Crippen LogP contribution in [0.5, 0.6) is 0 Å². The van der Waals surface area contributed by atoms with Crippen molar-refractivity contribution >= 4 is 23.6 Å². The third kappa shape index (κ3) is 3.91. The Morgan fingerprint density at radius 3 is 2.53 bits per heavy atom. The zero-order valence-corrected chi connectivity index (χ0v) is 11.5. The largest absolute Gasteiger partial charge is 0.481 e. The van der Waals surface area contributed by atoms with Gasteiger partial charge in [0.15, 0.2) is 0 Å². The molecule has 0 aromatic rings. The molecule has 1 N–H and O–H groups in total. The molecule has 0 aromatic heterocycles. The van der Waals surface area contributed by atoms with Gasteiger partial charge in [-0.2, -0.15) is 0 Å². The number of carbonyl (C=O) groups is 2. The summed E-state index contributed by atoms with van der Waals surface area (Å²) in [7, 11) is 1.71. The second-order valence-electron chi connectivity index (χ2n) is 5.14. The Balaban J connectivity index is 2.63. The number of hydrogen-bond donors (Lipinski definition) is 1. The summed E-state index contributed by atoms with van der Waals surface area (Å²) in [6.07, 6.45) is 3.16. The van der Waals surface area contributed by atoms with E-state index >= 15 is 0 Å². The SMILES string of the molecule is CN(C(=O)C1CCCCS1)C(C)(C)CC(=O)O. The fraction of sp³-hybridized carbons (Fsp3) is 0.833. The van der Waals surface area contributed by atoms with Crippen molar-refractivity contribution in [1.82, 2.24) is 4.90 Å². The first-order valence-electron chi connectivity index (χ1n) is 5.95. The lowest BCUT2D eigenvalue weighted by Gasteiger charge is -2.37. The Hall–Kier alpha value is -0.710. The molecule has 1 aliphatic rings. The summed E-state index contributed by atoms with van der Waals surface area (Å²) >= 11 is 1.70. The minimum Gasteiger partial charge on any atom is -0.481 e. The summed E-state index contributed by atoms with van der Waals surface area (Å²) in [6, 6.07) is 0. The number of thioether (sulfide) groups is 1. The average molecular weight is 259 g/mol. The van der Waals surface area contributed by atoms with Gasteiger partial charge in [0.2, 0.25) is 5.91 Å². The molecule has 0 aliphatic carbocycles. The fourth-order valence-electron chi connectivity index (χ4n) is 1.94. The third-order valence-corrected chi connectivity index (χ3v) is 4.64. The average Bonchev–Trinajstić information content (AvgIpc) is 2.26. The number of carbonyl (C=O) groups excluding carboxylic acids is 1. The van der Waals surface area contributed by atoms with Gasteiger partial charge in [-0.15, -0.1) is 11.8 Å². The first-order valence-corrected chi connectivity index (χ1v) is 7.00. The first kappa shape index (κ1) is 14.4. The highest BCUT2D eigenvalue weighted by molar-refractivity contribution is 8.00. The Kier molecular flexibility index (Phi) is 4.86. The van der Waals surface area contributed by atoms with Crippen LogP contribution in [0, 0.1) is 0 Å². The van der Waals surface area contributed by atoms with E-state index in [1.54, 1.807) is 37.6 Å². The molecule has 17 heavy (non-hydrogen) atoms. The van der Waals surface area contributed by atoms with Crippen LogP contribution in [0.4, 0.5) is 0 Å². The number of amides is 1. The van der Waals surface area contributed by atoms with E-state index < -0.39 is 11.5 Å². The molecular formula is C12H21NO3S. The van der Waals surface area contributed by atoms with Crippen molar-refractivity contribution in [1.29, 1.82) is 0 Å². The smallest absolute Gasteiger partial charge is 0.305 e. The Labute approximate surface area is 107 Å². The maximum Gasteiger partial charge on any atom is 0.305 e. The first-order chi connectivity index (χ1) is 7.84. The predicted octanol–water partition coefficient (Wildman–Crippen LogP) is 1.98. The van der Waals surface area contributed by atoms with Crippen LogP contribution >= 0.6 is 11.8 Å². The molecule has 1 aliphatic heterocycles. The summed E-state index contributed by atoms with van der Waals surface area (Å²) in [5.41, 5.74) is -0.624. The summed E-state index contributed by atoms with van der Waals surface area (Å²) in [4.78, 5) is 24.6.